The van der Waals surface area contributed by atoms with Gasteiger partial charge < -0.3 is 5.73 Å². The van der Waals surface area contributed by atoms with Gasteiger partial charge in [0.1, 0.15) is 5.92 Å². The van der Waals surface area contributed by atoms with Crippen molar-refractivity contribution in [1.29, 1.82) is 0 Å². The third-order valence-corrected chi connectivity index (χ3v) is 2.54. The Morgan fingerprint density at radius 3 is 2.38 bits per heavy atom. The molecule has 2 N–H and O–H groups in total. The zero-order valence-corrected chi connectivity index (χ0v) is 7.95. The van der Waals surface area contributed by atoms with Crippen molar-refractivity contribution < 1.29 is 13.6 Å². The summed E-state index contributed by atoms with van der Waals surface area (Å²) in [5, 5.41) is -5.18. The van der Waals surface area contributed by atoms with Gasteiger partial charge in [0.25, 0.3) is 0 Å². The SMILES string of the molecule is NC(=O)C1C(F)(Cl)C=CCC1(F)Cl. The van der Waals surface area contributed by atoms with Crippen LogP contribution in [0.4, 0.5) is 8.78 Å². The Morgan fingerprint density at radius 1 is 1.54 bits per heavy atom. The van der Waals surface area contributed by atoms with Gasteiger partial charge in [-0.05, 0) is 6.08 Å². The van der Waals surface area contributed by atoms with E-state index in [9.17, 15) is 13.6 Å². The lowest BCUT2D eigenvalue weighted by Gasteiger charge is -2.34. The van der Waals surface area contributed by atoms with Crippen LogP contribution in [0.2, 0.25) is 0 Å². The average Bonchev–Trinajstić information content (AvgIpc) is 1.79. The van der Waals surface area contributed by atoms with Crippen molar-refractivity contribution in [2.24, 2.45) is 11.7 Å². The maximum atomic E-state index is 13.4. The molecule has 74 valence electrons. The number of carbonyl (C=O) groups excluding carboxylic acids is 1. The van der Waals surface area contributed by atoms with E-state index in [-0.39, 0.29) is 6.42 Å². The molecule has 0 aromatic heterocycles. The third-order valence-electron chi connectivity index (χ3n) is 1.82. The summed E-state index contributed by atoms with van der Waals surface area (Å²) >= 11 is 10.5. The van der Waals surface area contributed by atoms with Crippen molar-refractivity contribution in [3.8, 4) is 0 Å². The molecule has 1 aliphatic carbocycles. The zero-order valence-electron chi connectivity index (χ0n) is 6.44. The van der Waals surface area contributed by atoms with Crippen LogP contribution in [0.1, 0.15) is 6.42 Å². The Hall–Kier alpha value is -0.350. The fraction of sp³-hybridized carbons (Fsp3) is 0.571. The molecule has 0 saturated carbocycles. The van der Waals surface area contributed by atoms with E-state index < -0.39 is 22.1 Å². The Morgan fingerprint density at radius 2 is 2.08 bits per heavy atom. The molecule has 0 saturated heterocycles. The molecule has 1 rings (SSSR count). The van der Waals surface area contributed by atoms with Crippen LogP contribution in [0.15, 0.2) is 12.2 Å². The molecule has 2 nitrogen and oxygen atoms in total. The highest BCUT2D eigenvalue weighted by molar-refractivity contribution is 6.30. The highest BCUT2D eigenvalue weighted by atomic mass is 35.5. The number of allylic oxidation sites excluding steroid dienone is 2. The summed E-state index contributed by atoms with van der Waals surface area (Å²) in [6.45, 7) is 0. The molecule has 0 heterocycles. The first-order valence-corrected chi connectivity index (χ1v) is 4.25. The number of nitrogens with two attached hydrogens (primary N) is 1. The molecule has 0 aromatic carbocycles. The van der Waals surface area contributed by atoms with Crippen molar-refractivity contribution in [1.82, 2.24) is 0 Å². The summed E-state index contributed by atoms with van der Waals surface area (Å²) in [6, 6.07) is 0. The van der Waals surface area contributed by atoms with Gasteiger partial charge in [-0.25, -0.2) is 8.78 Å². The van der Waals surface area contributed by atoms with Gasteiger partial charge in [-0.15, -0.1) is 0 Å². The second-order valence-electron chi connectivity index (χ2n) is 2.88. The predicted molar refractivity (Wildman–Crippen MR) is 45.8 cm³/mol. The number of hydrogen-bond acceptors (Lipinski definition) is 1. The van der Waals surface area contributed by atoms with Gasteiger partial charge in [0.15, 0.2) is 0 Å². The van der Waals surface area contributed by atoms with E-state index in [0.717, 1.165) is 12.2 Å². The van der Waals surface area contributed by atoms with Gasteiger partial charge in [-0.3, -0.25) is 4.79 Å². The minimum Gasteiger partial charge on any atom is -0.369 e. The van der Waals surface area contributed by atoms with E-state index in [2.05, 4.69) is 0 Å². The molecule has 13 heavy (non-hydrogen) atoms. The third kappa shape index (κ3) is 1.94. The fourth-order valence-corrected chi connectivity index (χ4v) is 2.05. The molecule has 0 radical (unpaired) electrons. The van der Waals surface area contributed by atoms with Crippen molar-refractivity contribution in [3.63, 3.8) is 0 Å². The predicted octanol–water partition coefficient (Wildman–Crippen LogP) is 1.86. The van der Waals surface area contributed by atoms with E-state index in [1.807, 2.05) is 0 Å². The minimum atomic E-state index is -2.64. The number of alkyl halides is 4. The lowest BCUT2D eigenvalue weighted by molar-refractivity contribution is -0.128. The summed E-state index contributed by atoms with van der Waals surface area (Å²) in [7, 11) is 0. The molecular weight excluding hydrogens is 223 g/mol. The van der Waals surface area contributed by atoms with Crippen molar-refractivity contribution in [2.75, 3.05) is 0 Å². The quantitative estimate of drug-likeness (QED) is 0.542. The molecule has 1 aliphatic rings. The smallest absolute Gasteiger partial charge is 0.230 e. The van der Waals surface area contributed by atoms with Crippen LogP contribution in [0.5, 0.6) is 0 Å². The minimum absolute atomic E-state index is 0.291. The molecule has 0 aromatic rings. The van der Waals surface area contributed by atoms with Crippen molar-refractivity contribution >= 4 is 29.1 Å². The summed E-state index contributed by atoms with van der Waals surface area (Å²) in [5.74, 6) is -3.06. The largest absolute Gasteiger partial charge is 0.369 e. The van der Waals surface area contributed by atoms with Crippen LogP contribution in [-0.2, 0) is 4.79 Å². The first kappa shape index (κ1) is 10.7. The molecular formula is C7H7Cl2F2NO. The fourth-order valence-electron chi connectivity index (χ4n) is 1.27. The van der Waals surface area contributed by atoms with Gasteiger partial charge in [-0.1, -0.05) is 29.3 Å². The van der Waals surface area contributed by atoms with Gasteiger partial charge in [0, 0.05) is 6.42 Å². The highest BCUT2D eigenvalue weighted by Gasteiger charge is 2.55. The van der Waals surface area contributed by atoms with E-state index >= 15 is 0 Å². The second-order valence-corrected chi connectivity index (χ2v) is 4.09. The summed E-state index contributed by atoms with van der Waals surface area (Å²) in [6.07, 6.45) is 1.73. The topological polar surface area (TPSA) is 43.1 Å². The Bertz CT molecular complexity index is 265. The monoisotopic (exact) mass is 229 g/mol. The standard InChI is InChI=1S/C7H7Cl2F2NO/c8-6(10)2-1-3-7(9,11)4(6)5(12)13/h1-2,4H,3H2,(H2,12,13). The van der Waals surface area contributed by atoms with E-state index in [4.69, 9.17) is 28.9 Å². The lowest BCUT2D eigenvalue weighted by atomic mass is 9.89. The van der Waals surface area contributed by atoms with Gasteiger partial charge in [0.05, 0.1) is 0 Å². The molecule has 0 aliphatic heterocycles. The van der Waals surface area contributed by atoms with Crippen LogP contribution >= 0.6 is 23.2 Å². The Labute approximate surface area is 83.7 Å². The number of rotatable bonds is 1. The number of primary amides is 1. The van der Waals surface area contributed by atoms with E-state index in [0.29, 0.717) is 0 Å². The zero-order chi connectivity index (χ0) is 10.3. The number of amides is 1. The van der Waals surface area contributed by atoms with Crippen molar-refractivity contribution in [2.45, 2.75) is 16.7 Å². The lowest BCUT2D eigenvalue weighted by Crippen LogP contribution is -2.49. The number of halogens is 4. The molecule has 6 heteroatoms. The highest BCUT2D eigenvalue weighted by Crippen LogP contribution is 2.46. The molecule has 3 atom stereocenters. The maximum absolute atomic E-state index is 13.4. The van der Waals surface area contributed by atoms with E-state index in [1.54, 1.807) is 0 Å². The van der Waals surface area contributed by atoms with Crippen LogP contribution in [0, 0.1) is 5.92 Å². The number of carbonyl (C=O) groups is 1. The Kier molecular flexibility index (Phi) is 2.56. The second kappa shape index (κ2) is 3.10. The van der Waals surface area contributed by atoms with Crippen molar-refractivity contribution in [3.05, 3.63) is 12.2 Å². The summed E-state index contributed by atoms with van der Waals surface area (Å²) in [5.41, 5.74) is 4.80. The molecule has 1 amide bonds. The van der Waals surface area contributed by atoms with Gasteiger partial charge in [-0.2, -0.15) is 0 Å². The molecule has 3 unspecified atom stereocenters. The molecule has 0 fully saturated rings. The number of hydrogen-bond donors (Lipinski definition) is 1. The summed E-state index contributed by atoms with van der Waals surface area (Å²) < 4.78 is 26.7. The van der Waals surface area contributed by atoms with Crippen LogP contribution < -0.4 is 5.73 Å². The summed E-state index contributed by atoms with van der Waals surface area (Å²) in [4.78, 5) is 10.7. The molecule has 0 spiro atoms. The van der Waals surface area contributed by atoms with E-state index in [1.165, 1.54) is 0 Å². The van der Waals surface area contributed by atoms with Gasteiger partial charge >= 0.3 is 0 Å². The van der Waals surface area contributed by atoms with Gasteiger partial charge in [0.2, 0.25) is 16.2 Å². The first-order chi connectivity index (χ1) is 5.77. The average molecular weight is 230 g/mol. The first-order valence-electron chi connectivity index (χ1n) is 3.50. The molecule has 0 bridgehead atoms. The van der Waals surface area contributed by atoms with Crippen LogP contribution in [0.3, 0.4) is 0 Å². The van der Waals surface area contributed by atoms with Crippen LogP contribution in [-0.4, -0.2) is 16.2 Å². The normalized spacial score (nSPS) is 44.8. The van der Waals surface area contributed by atoms with Crippen LogP contribution in [0.25, 0.3) is 0 Å². The maximum Gasteiger partial charge on any atom is 0.230 e. The Balaban J connectivity index is 3.09.